The molecule has 0 spiro atoms. The summed E-state index contributed by atoms with van der Waals surface area (Å²) < 4.78 is 4.25. The fourth-order valence-corrected chi connectivity index (χ4v) is 0.565. The molecule has 0 aromatic rings. The molecule has 0 atom stereocenters. The summed E-state index contributed by atoms with van der Waals surface area (Å²) in [6, 6.07) is 0. The van der Waals surface area contributed by atoms with Gasteiger partial charge >= 0.3 is 0 Å². The second kappa shape index (κ2) is 5.56. The maximum Gasteiger partial charge on any atom is 0.220 e. The lowest BCUT2D eigenvalue weighted by Gasteiger charge is -1.80. The molecular weight excluding hydrogens is 118 g/mol. The first-order valence-electron chi connectivity index (χ1n) is 2.98. The van der Waals surface area contributed by atoms with Gasteiger partial charge in [0.05, 0.1) is 0 Å². The number of methoxy groups -OCH3 is 1. The fraction of sp³-hybridized carbons (Fsp3) is 0.833. The van der Waals surface area contributed by atoms with Crippen LogP contribution in [0.3, 0.4) is 0 Å². The minimum atomic E-state index is 0.204. The van der Waals surface area contributed by atoms with Crippen LogP contribution in [-0.2, 0) is 9.53 Å². The molecule has 1 saturated heterocycles. The van der Waals surface area contributed by atoms with Gasteiger partial charge in [0, 0.05) is 27.2 Å². The number of carbonyl (C=O) groups excluding carboxylic acids is 1. The van der Waals surface area contributed by atoms with Crippen molar-refractivity contribution in [3.63, 3.8) is 0 Å². The topological polar surface area (TPSA) is 38.3 Å². The summed E-state index contributed by atoms with van der Waals surface area (Å²) in [5.74, 6) is 0.204. The molecule has 1 rings (SSSR count). The van der Waals surface area contributed by atoms with E-state index in [0.29, 0.717) is 0 Å². The van der Waals surface area contributed by atoms with E-state index in [9.17, 15) is 4.79 Å². The van der Waals surface area contributed by atoms with Gasteiger partial charge in [-0.3, -0.25) is 4.79 Å². The highest BCUT2D eigenvalue weighted by Crippen LogP contribution is 1.93. The molecule has 1 heterocycles. The van der Waals surface area contributed by atoms with Crippen molar-refractivity contribution in [2.45, 2.75) is 12.8 Å². The van der Waals surface area contributed by atoms with Crippen molar-refractivity contribution in [1.29, 1.82) is 0 Å². The molecule has 0 unspecified atom stereocenters. The number of hydrogen-bond donors (Lipinski definition) is 1. The van der Waals surface area contributed by atoms with Gasteiger partial charge in [0.2, 0.25) is 5.91 Å². The molecule has 0 radical (unpaired) electrons. The largest absolute Gasteiger partial charge is 0.388 e. The number of ether oxygens (including phenoxy) is 1. The van der Waals surface area contributed by atoms with E-state index in [2.05, 4.69) is 10.1 Å². The zero-order valence-corrected chi connectivity index (χ0v) is 5.94. The second-order valence-corrected chi connectivity index (χ2v) is 1.86. The van der Waals surface area contributed by atoms with Gasteiger partial charge in [-0.25, -0.2) is 0 Å². The van der Waals surface area contributed by atoms with E-state index in [1.165, 1.54) is 0 Å². The normalized spacial score (nSPS) is 16.0. The Balaban J connectivity index is 0.000000187. The Labute approximate surface area is 55.4 Å². The first-order valence-corrected chi connectivity index (χ1v) is 2.98. The molecule has 0 aliphatic carbocycles. The van der Waals surface area contributed by atoms with Gasteiger partial charge in [0.25, 0.3) is 0 Å². The molecule has 3 nitrogen and oxygen atoms in total. The lowest BCUT2D eigenvalue weighted by Crippen LogP contribution is -2.12. The zero-order valence-electron chi connectivity index (χ0n) is 5.94. The Bertz CT molecular complexity index is 75.1. The molecule has 54 valence electrons. The third-order valence-corrected chi connectivity index (χ3v) is 0.903. The van der Waals surface area contributed by atoms with Gasteiger partial charge in [-0.1, -0.05) is 0 Å². The summed E-state index contributed by atoms with van der Waals surface area (Å²) in [7, 11) is 3.25. The summed E-state index contributed by atoms with van der Waals surface area (Å²) in [6.07, 6.45) is 1.76. The van der Waals surface area contributed by atoms with Crippen molar-refractivity contribution in [3.05, 3.63) is 0 Å². The molecule has 3 heteroatoms. The van der Waals surface area contributed by atoms with Crippen LogP contribution in [0.25, 0.3) is 0 Å². The summed E-state index contributed by atoms with van der Waals surface area (Å²) in [4.78, 5) is 10.1. The van der Waals surface area contributed by atoms with E-state index in [0.717, 1.165) is 19.4 Å². The van der Waals surface area contributed by atoms with Gasteiger partial charge in [-0.05, 0) is 6.42 Å². The van der Waals surface area contributed by atoms with Gasteiger partial charge < -0.3 is 10.1 Å². The molecule has 1 fully saturated rings. The van der Waals surface area contributed by atoms with Crippen LogP contribution in [0.1, 0.15) is 12.8 Å². The average molecular weight is 131 g/mol. The van der Waals surface area contributed by atoms with Crippen LogP contribution < -0.4 is 5.32 Å². The standard InChI is InChI=1S/C4H7NO.C2H6O/c6-4-2-1-3-5-4;1-3-2/h1-3H2,(H,5,6);1-2H3. The van der Waals surface area contributed by atoms with Crippen LogP contribution in [0.5, 0.6) is 0 Å². The van der Waals surface area contributed by atoms with E-state index in [1.54, 1.807) is 14.2 Å². The minimum Gasteiger partial charge on any atom is -0.388 e. The van der Waals surface area contributed by atoms with Crippen LogP contribution in [0.2, 0.25) is 0 Å². The van der Waals surface area contributed by atoms with E-state index in [4.69, 9.17) is 0 Å². The van der Waals surface area contributed by atoms with Crippen molar-refractivity contribution >= 4 is 5.91 Å². The van der Waals surface area contributed by atoms with Crippen molar-refractivity contribution < 1.29 is 9.53 Å². The molecule has 1 aliphatic heterocycles. The number of carbonyl (C=O) groups is 1. The highest BCUT2D eigenvalue weighted by molar-refractivity contribution is 5.77. The van der Waals surface area contributed by atoms with Gasteiger partial charge in [-0.15, -0.1) is 0 Å². The molecular formula is C6H13NO2. The molecule has 1 amide bonds. The first-order chi connectivity index (χ1) is 4.31. The summed E-state index contributed by atoms with van der Waals surface area (Å²) in [5, 5.41) is 2.68. The average Bonchev–Trinajstić information content (AvgIpc) is 2.20. The summed E-state index contributed by atoms with van der Waals surface area (Å²) in [5.41, 5.74) is 0. The van der Waals surface area contributed by atoms with Gasteiger partial charge in [-0.2, -0.15) is 0 Å². The predicted octanol–water partition coefficient (Wildman–Crippen LogP) is 0.159. The van der Waals surface area contributed by atoms with Crippen molar-refractivity contribution in [2.75, 3.05) is 20.8 Å². The number of hydrogen-bond acceptors (Lipinski definition) is 2. The van der Waals surface area contributed by atoms with Crippen LogP contribution in [-0.4, -0.2) is 26.7 Å². The molecule has 0 saturated carbocycles. The Morgan fingerprint density at radius 1 is 1.56 bits per heavy atom. The lowest BCUT2D eigenvalue weighted by molar-refractivity contribution is -0.119. The van der Waals surface area contributed by atoms with Crippen LogP contribution >= 0.6 is 0 Å². The van der Waals surface area contributed by atoms with Crippen LogP contribution in [0, 0.1) is 0 Å². The minimum absolute atomic E-state index is 0.204. The SMILES string of the molecule is COC.O=C1CCCN1. The second-order valence-electron chi connectivity index (χ2n) is 1.86. The maximum absolute atomic E-state index is 10.1. The van der Waals surface area contributed by atoms with Gasteiger partial charge in [0.15, 0.2) is 0 Å². The third-order valence-electron chi connectivity index (χ3n) is 0.903. The van der Waals surface area contributed by atoms with Crippen LogP contribution in [0.15, 0.2) is 0 Å². The molecule has 0 aromatic carbocycles. The third kappa shape index (κ3) is 5.30. The van der Waals surface area contributed by atoms with Crippen molar-refractivity contribution in [3.8, 4) is 0 Å². The lowest BCUT2D eigenvalue weighted by atomic mass is 10.4. The molecule has 9 heavy (non-hydrogen) atoms. The Hall–Kier alpha value is -0.570. The van der Waals surface area contributed by atoms with E-state index >= 15 is 0 Å². The first kappa shape index (κ1) is 8.43. The summed E-state index contributed by atoms with van der Waals surface area (Å²) >= 11 is 0. The quantitative estimate of drug-likeness (QED) is 0.508. The van der Waals surface area contributed by atoms with Crippen LogP contribution in [0.4, 0.5) is 0 Å². The zero-order chi connectivity index (χ0) is 7.11. The van der Waals surface area contributed by atoms with Crippen molar-refractivity contribution in [1.82, 2.24) is 5.32 Å². The summed E-state index contributed by atoms with van der Waals surface area (Å²) in [6.45, 7) is 0.888. The van der Waals surface area contributed by atoms with Crippen molar-refractivity contribution in [2.24, 2.45) is 0 Å². The van der Waals surface area contributed by atoms with Gasteiger partial charge in [0.1, 0.15) is 0 Å². The Morgan fingerprint density at radius 2 is 2.11 bits per heavy atom. The van der Waals surface area contributed by atoms with E-state index in [1.807, 2.05) is 0 Å². The highest BCUT2D eigenvalue weighted by Gasteiger charge is 2.05. The monoisotopic (exact) mass is 131 g/mol. The maximum atomic E-state index is 10.1. The fourth-order valence-electron chi connectivity index (χ4n) is 0.565. The van der Waals surface area contributed by atoms with E-state index in [-0.39, 0.29) is 5.91 Å². The molecule has 1 N–H and O–H groups in total. The molecule has 0 aromatic heterocycles. The number of rotatable bonds is 0. The molecule has 0 bridgehead atoms. The Kier molecular flexibility index (Phi) is 5.21. The van der Waals surface area contributed by atoms with E-state index < -0.39 is 0 Å². The Morgan fingerprint density at radius 3 is 2.22 bits per heavy atom. The smallest absolute Gasteiger partial charge is 0.220 e. The highest BCUT2D eigenvalue weighted by atomic mass is 16.4. The number of nitrogens with one attached hydrogen (secondary N) is 1. The number of amides is 1. The predicted molar refractivity (Wildman–Crippen MR) is 35.2 cm³/mol. The molecule has 1 aliphatic rings.